The highest BCUT2D eigenvalue weighted by Gasteiger charge is 2.03. The van der Waals surface area contributed by atoms with Crippen molar-refractivity contribution in [3.63, 3.8) is 0 Å². The number of carboxylic acids is 1. The Morgan fingerprint density at radius 2 is 0.968 bits per heavy atom. The number of ether oxygens (including phenoxy) is 3. The Bertz CT molecular complexity index is 399. The summed E-state index contributed by atoms with van der Waals surface area (Å²) in [6.07, 6.45) is 20.2. The summed E-state index contributed by atoms with van der Waals surface area (Å²) in [7, 11) is 0. The SMILES string of the molecule is CCCCCCCCCCCCCCCCCC(=O)OCCOCCOCCC(=O)O. The molecule has 0 unspecified atom stereocenters. The second-order valence-corrected chi connectivity index (χ2v) is 8.29. The van der Waals surface area contributed by atoms with Crippen molar-refractivity contribution in [3.8, 4) is 0 Å². The van der Waals surface area contributed by atoms with Crippen molar-refractivity contribution in [2.24, 2.45) is 0 Å². The van der Waals surface area contributed by atoms with Crippen LogP contribution >= 0.6 is 0 Å². The van der Waals surface area contributed by atoms with Crippen LogP contribution in [0.2, 0.25) is 0 Å². The van der Waals surface area contributed by atoms with Crippen LogP contribution in [0.3, 0.4) is 0 Å². The lowest BCUT2D eigenvalue weighted by molar-refractivity contribution is -0.145. The maximum absolute atomic E-state index is 11.7. The van der Waals surface area contributed by atoms with Gasteiger partial charge in [0.25, 0.3) is 0 Å². The van der Waals surface area contributed by atoms with Gasteiger partial charge in [0.05, 0.1) is 32.8 Å². The molecule has 6 nitrogen and oxygen atoms in total. The van der Waals surface area contributed by atoms with Gasteiger partial charge in [-0.25, -0.2) is 0 Å². The van der Waals surface area contributed by atoms with E-state index >= 15 is 0 Å². The predicted octanol–water partition coefficient (Wildman–Crippen LogP) is 6.30. The van der Waals surface area contributed by atoms with Crippen molar-refractivity contribution in [3.05, 3.63) is 0 Å². The lowest BCUT2D eigenvalue weighted by Crippen LogP contribution is -2.13. The number of carbonyl (C=O) groups is 2. The summed E-state index contributed by atoms with van der Waals surface area (Å²) in [4.78, 5) is 22.0. The minimum Gasteiger partial charge on any atom is -0.481 e. The molecule has 0 saturated carbocycles. The third-order valence-corrected chi connectivity index (χ3v) is 5.31. The zero-order valence-electron chi connectivity index (χ0n) is 20.0. The average molecular weight is 445 g/mol. The van der Waals surface area contributed by atoms with Gasteiger partial charge in [-0.15, -0.1) is 0 Å². The van der Waals surface area contributed by atoms with Crippen LogP contribution in [0.4, 0.5) is 0 Å². The second kappa shape index (κ2) is 25.1. The number of carbonyl (C=O) groups excluding carboxylic acids is 1. The largest absolute Gasteiger partial charge is 0.481 e. The van der Waals surface area contributed by atoms with Crippen LogP contribution in [0.5, 0.6) is 0 Å². The number of aliphatic carboxylic acids is 1. The first kappa shape index (κ1) is 29.9. The summed E-state index contributed by atoms with van der Waals surface area (Å²) in [6, 6.07) is 0. The summed E-state index contributed by atoms with van der Waals surface area (Å²) in [5.41, 5.74) is 0. The van der Waals surface area contributed by atoms with E-state index in [1.54, 1.807) is 0 Å². The average Bonchev–Trinajstić information content (AvgIpc) is 2.75. The van der Waals surface area contributed by atoms with Crippen LogP contribution in [0.25, 0.3) is 0 Å². The third kappa shape index (κ3) is 26.8. The Morgan fingerprint density at radius 3 is 1.45 bits per heavy atom. The van der Waals surface area contributed by atoms with Crippen LogP contribution in [0, 0.1) is 0 Å². The van der Waals surface area contributed by atoms with E-state index in [4.69, 9.17) is 19.3 Å². The Kier molecular flexibility index (Phi) is 24.2. The van der Waals surface area contributed by atoms with E-state index in [1.165, 1.54) is 83.5 Å². The minimum atomic E-state index is -0.873. The normalized spacial score (nSPS) is 11.0. The molecule has 0 atom stereocenters. The van der Waals surface area contributed by atoms with E-state index in [0.717, 1.165) is 12.8 Å². The van der Waals surface area contributed by atoms with Gasteiger partial charge >= 0.3 is 11.9 Å². The van der Waals surface area contributed by atoms with Gasteiger partial charge in [0, 0.05) is 6.42 Å². The molecular formula is C25H48O6. The Labute approximate surface area is 190 Å². The molecular weight excluding hydrogens is 396 g/mol. The van der Waals surface area contributed by atoms with E-state index in [-0.39, 0.29) is 25.6 Å². The zero-order chi connectivity index (χ0) is 22.8. The molecule has 0 radical (unpaired) electrons. The molecule has 0 aliphatic heterocycles. The molecule has 1 N–H and O–H groups in total. The van der Waals surface area contributed by atoms with E-state index in [9.17, 15) is 9.59 Å². The highest BCUT2D eigenvalue weighted by molar-refractivity contribution is 5.69. The molecule has 0 amide bonds. The zero-order valence-corrected chi connectivity index (χ0v) is 20.0. The van der Waals surface area contributed by atoms with Crippen LogP contribution in [-0.4, -0.2) is 50.1 Å². The first-order valence-electron chi connectivity index (χ1n) is 12.7. The monoisotopic (exact) mass is 444 g/mol. The second-order valence-electron chi connectivity index (χ2n) is 8.29. The number of carboxylic acid groups (broad SMARTS) is 1. The van der Waals surface area contributed by atoms with Crippen molar-refractivity contribution in [1.29, 1.82) is 0 Å². The topological polar surface area (TPSA) is 82.1 Å². The lowest BCUT2D eigenvalue weighted by atomic mass is 10.0. The van der Waals surface area contributed by atoms with Gasteiger partial charge in [-0.2, -0.15) is 0 Å². The fourth-order valence-electron chi connectivity index (χ4n) is 3.41. The standard InChI is InChI=1S/C25H48O6/c1-2-3-4-5-6-7-8-9-10-11-12-13-14-15-16-17-25(28)31-23-22-30-21-20-29-19-18-24(26)27/h2-23H2,1H3,(H,26,27). The summed E-state index contributed by atoms with van der Waals surface area (Å²) in [5, 5.41) is 8.46. The third-order valence-electron chi connectivity index (χ3n) is 5.31. The van der Waals surface area contributed by atoms with Gasteiger partial charge < -0.3 is 19.3 Å². The fourth-order valence-corrected chi connectivity index (χ4v) is 3.41. The molecule has 6 heteroatoms. The van der Waals surface area contributed by atoms with Gasteiger partial charge in [0.2, 0.25) is 0 Å². The van der Waals surface area contributed by atoms with Gasteiger partial charge in [-0.1, -0.05) is 96.8 Å². The highest BCUT2D eigenvalue weighted by Crippen LogP contribution is 2.13. The van der Waals surface area contributed by atoms with Crippen molar-refractivity contribution in [2.75, 3.05) is 33.0 Å². The number of rotatable bonds is 25. The molecule has 0 aliphatic rings. The summed E-state index contributed by atoms with van der Waals surface area (Å²) < 4.78 is 15.5. The fraction of sp³-hybridized carbons (Fsp3) is 0.920. The molecule has 0 aromatic heterocycles. The minimum absolute atomic E-state index is 0.00305. The first-order chi connectivity index (χ1) is 15.2. The molecule has 0 bridgehead atoms. The Hall–Kier alpha value is -1.14. The highest BCUT2D eigenvalue weighted by atomic mass is 16.6. The summed E-state index contributed by atoms with van der Waals surface area (Å²) >= 11 is 0. The molecule has 0 heterocycles. The number of hydrogen-bond acceptors (Lipinski definition) is 5. The number of hydrogen-bond donors (Lipinski definition) is 1. The molecule has 0 rings (SSSR count). The quantitative estimate of drug-likeness (QED) is 0.131. The van der Waals surface area contributed by atoms with Crippen molar-refractivity contribution >= 4 is 11.9 Å². The molecule has 0 aliphatic carbocycles. The van der Waals surface area contributed by atoms with Gasteiger partial charge in [0.15, 0.2) is 0 Å². The van der Waals surface area contributed by atoms with Gasteiger partial charge in [-0.05, 0) is 6.42 Å². The van der Waals surface area contributed by atoms with Crippen molar-refractivity contribution < 1.29 is 28.9 Å². The maximum Gasteiger partial charge on any atom is 0.305 e. The van der Waals surface area contributed by atoms with E-state index in [1.807, 2.05) is 0 Å². The molecule has 31 heavy (non-hydrogen) atoms. The van der Waals surface area contributed by atoms with Gasteiger partial charge in [-0.3, -0.25) is 9.59 Å². The molecule has 0 aromatic carbocycles. The van der Waals surface area contributed by atoms with E-state index < -0.39 is 5.97 Å². The van der Waals surface area contributed by atoms with Crippen molar-refractivity contribution in [1.82, 2.24) is 0 Å². The lowest BCUT2D eigenvalue weighted by Gasteiger charge is -2.07. The predicted molar refractivity (Wildman–Crippen MR) is 124 cm³/mol. The van der Waals surface area contributed by atoms with Crippen LogP contribution < -0.4 is 0 Å². The number of esters is 1. The molecule has 0 fully saturated rings. The molecule has 0 aromatic rings. The van der Waals surface area contributed by atoms with Crippen LogP contribution in [0.1, 0.15) is 116 Å². The summed E-state index contributed by atoms with van der Waals surface area (Å²) in [5.74, 6) is -1.03. The Morgan fingerprint density at radius 1 is 0.548 bits per heavy atom. The molecule has 184 valence electrons. The smallest absolute Gasteiger partial charge is 0.305 e. The first-order valence-corrected chi connectivity index (χ1v) is 12.7. The van der Waals surface area contributed by atoms with E-state index in [0.29, 0.717) is 26.2 Å². The van der Waals surface area contributed by atoms with Gasteiger partial charge in [0.1, 0.15) is 6.61 Å². The summed E-state index contributed by atoms with van der Waals surface area (Å²) in [6.45, 7) is 3.77. The molecule has 0 spiro atoms. The molecule has 0 saturated heterocycles. The van der Waals surface area contributed by atoms with Crippen LogP contribution in [0.15, 0.2) is 0 Å². The number of unbranched alkanes of at least 4 members (excludes halogenated alkanes) is 14. The maximum atomic E-state index is 11.7. The van der Waals surface area contributed by atoms with Crippen LogP contribution in [-0.2, 0) is 23.8 Å². The Balaban J connectivity index is 3.15. The van der Waals surface area contributed by atoms with Crippen molar-refractivity contribution in [2.45, 2.75) is 116 Å². The van der Waals surface area contributed by atoms with E-state index in [2.05, 4.69) is 6.92 Å².